The number of hydrogen-bond acceptors (Lipinski definition) is 5. The van der Waals surface area contributed by atoms with Crippen LogP contribution in [-0.4, -0.2) is 23.9 Å². The number of halogens is 1. The van der Waals surface area contributed by atoms with Crippen molar-refractivity contribution in [2.24, 2.45) is 5.73 Å². The topological polar surface area (TPSA) is 74.2 Å². The van der Waals surface area contributed by atoms with Crippen LogP contribution in [0.2, 0.25) is 0 Å². The van der Waals surface area contributed by atoms with E-state index in [0.29, 0.717) is 31.2 Å². The Bertz CT molecular complexity index is 513. The van der Waals surface area contributed by atoms with Gasteiger partial charge in [0.1, 0.15) is 5.82 Å². The highest BCUT2D eigenvalue weighted by Gasteiger charge is 2.14. The molecule has 2 aromatic rings. The fraction of sp³-hybridized carbons (Fsp3) is 0.385. The Hall–Kier alpha value is -1.79. The SMILES string of the molecule is COCCC(N)c1nc(Cc2ccc(F)cc2)no1. The first-order valence-corrected chi connectivity index (χ1v) is 6.00. The van der Waals surface area contributed by atoms with Gasteiger partial charge >= 0.3 is 0 Å². The summed E-state index contributed by atoms with van der Waals surface area (Å²) in [4.78, 5) is 4.23. The molecule has 19 heavy (non-hydrogen) atoms. The van der Waals surface area contributed by atoms with Crippen molar-refractivity contribution in [3.05, 3.63) is 47.4 Å². The first-order valence-electron chi connectivity index (χ1n) is 6.00. The van der Waals surface area contributed by atoms with Crippen LogP contribution in [0.1, 0.15) is 29.7 Å². The summed E-state index contributed by atoms with van der Waals surface area (Å²) in [5, 5.41) is 3.86. The minimum Gasteiger partial charge on any atom is -0.385 e. The van der Waals surface area contributed by atoms with E-state index >= 15 is 0 Å². The summed E-state index contributed by atoms with van der Waals surface area (Å²) in [5.74, 6) is 0.669. The molecule has 102 valence electrons. The van der Waals surface area contributed by atoms with Gasteiger partial charge in [-0.25, -0.2) is 4.39 Å². The first kappa shape index (κ1) is 13.6. The molecule has 6 heteroatoms. The van der Waals surface area contributed by atoms with Crippen LogP contribution < -0.4 is 5.73 Å². The molecule has 0 aliphatic rings. The van der Waals surface area contributed by atoms with Crippen LogP contribution >= 0.6 is 0 Å². The van der Waals surface area contributed by atoms with E-state index in [4.69, 9.17) is 15.0 Å². The second-order valence-corrected chi connectivity index (χ2v) is 4.24. The lowest BCUT2D eigenvalue weighted by Gasteiger charge is -2.04. The van der Waals surface area contributed by atoms with Crippen LogP contribution in [0.5, 0.6) is 0 Å². The number of ether oxygens (including phenoxy) is 1. The quantitative estimate of drug-likeness (QED) is 0.862. The summed E-state index contributed by atoms with van der Waals surface area (Å²) < 4.78 is 22.8. The van der Waals surface area contributed by atoms with E-state index in [1.165, 1.54) is 12.1 Å². The van der Waals surface area contributed by atoms with Gasteiger partial charge in [-0.3, -0.25) is 0 Å². The smallest absolute Gasteiger partial charge is 0.243 e. The molecule has 1 heterocycles. The number of benzene rings is 1. The van der Waals surface area contributed by atoms with Crippen molar-refractivity contribution in [2.75, 3.05) is 13.7 Å². The van der Waals surface area contributed by atoms with Gasteiger partial charge in [-0.2, -0.15) is 4.98 Å². The average molecular weight is 265 g/mol. The van der Waals surface area contributed by atoms with Crippen LogP contribution in [0.25, 0.3) is 0 Å². The standard InChI is InChI=1S/C13H16FN3O2/c1-18-7-6-11(15)13-16-12(17-19-13)8-9-2-4-10(14)5-3-9/h2-5,11H,6-8,15H2,1H3. The van der Waals surface area contributed by atoms with Gasteiger partial charge in [-0.15, -0.1) is 0 Å². The molecule has 1 aromatic carbocycles. The van der Waals surface area contributed by atoms with Gasteiger partial charge in [0.25, 0.3) is 0 Å². The Labute approximate surface area is 110 Å². The first-order chi connectivity index (χ1) is 9.19. The van der Waals surface area contributed by atoms with E-state index < -0.39 is 0 Å². The Morgan fingerprint density at radius 3 is 2.79 bits per heavy atom. The van der Waals surface area contributed by atoms with Crippen molar-refractivity contribution in [3.63, 3.8) is 0 Å². The third kappa shape index (κ3) is 3.84. The van der Waals surface area contributed by atoms with Crippen LogP contribution in [0.4, 0.5) is 4.39 Å². The molecule has 5 nitrogen and oxygen atoms in total. The van der Waals surface area contributed by atoms with Gasteiger partial charge in [0, 0.05) is 20.1 Å². The molecular formula is C13H16FN3O2. The zero-order valence-corrected chi connectivity index (χ0v) is 10.7. The van der Waals surface area contributed by atoms with E-state index in [1.54, 1.807) is 19.2 Å². The molecule has 0 bridgehead atoms. The predicted octanol–water partition coefficient (Wildman–Crippen LogP) is 1.84. The maximum Gasteiger partial charge on any atom is 0.243 e. The van der Waals surface area contributed by atoms with E-state index in [-0.39, 0.29) is 11.9 Å². The van der Waals surface area contributed by atoms with Crippen LogP contribution in [0, 0.1) is 5.82 Å². The maximum atomic E-state index is 12.8. The van der Waals surface area contributed by atoms with Gasteiger partial charge in [-0.1, -0.05) is 17.3 Å². The second kappa shape index (κ2) is 6.40. The van der Waals surface area contributed by atoms with E-state index in [0.717, 1.165) is 5.56 Å². The highest BCUT2D eigenvalue weighted by atomic mass is 19.1. The molecule has 1 atom stereocenters. The van der Waals surface area contributed by atoms with E-state index in [2.05, 4.69) is 10.1 Å². The van der Waals surface area contributed by atoms with Crippen molar-refractivity contribution in [2.45, 2.75) is 18.9 Å². The molecule has 0 spiro atoms. The highest BCUT2D eigenvalue weighted by molar-refractivity contribution is 5.19. The number of nitrogens with zero attached hydrogens (tertiary/aromatic N) is 2. The lowest BCUT2D eigenvalue weighted by atomic mass is 10.1. The fourth-order valence-electron chi connectivity index (χ4n) is 1.64. The molecule has 0 saturated carbocycles. The Kier molecular flexibility index (Phi) is 4.59. The number of hydrogen-bond donors (Lipinski definition) is 1. The summed E-state index contributed by atoms with van der Waals surface area (Å²) >= 11 is 0. The largest absolute Gasteiger partial charge is 0.385 e. The number of methoxy groups -OCH3 is 1. The third-order valence-corrected chi connectivity index (χ3v) is 2.71. The van der Waals surface area contributed by atoms with E-state index in [9.17, 15) is 4.39 Å². The van der Waals surface area contributed by atoms with E-state index in [1.807, 2.05) is 0 Å². The average Bonchev–Trinajstić information content (AvgIpc) is 2.87. The van der Waals surface area contributed by atoms with Gasteiger partial charge in [0.15, 0.2) is 5.82 Å². The zero-order chi connectivity index (χ0) is 13.7. The number of aromatic nitrogens is 2. The predicted molar refractivity (Wildman–Crippen MR) is 66.9 cm³/mol. The van der Waals surface area contributed by atoms with Crippen LogP contribution in [-0.2, 0) is 11.2 Å². The van der Waals surface area contributed by atoms with Crippen molar-refractivity contribution < 1.29 is 13.7 Å². The van der Waals surface area contributed by atoms with Crippen molar-refractivity contribution in [1.29, 1.82) is 0 Å². The van der Waals surface area contributed by atoms with Crippen LogP contribution in [0.15, 0.2) is 28.8 Å². The third-order valence-electron chi connectivity index (χ3n) is 2.71. The van der Waals surface area contributed by atoms with Gasteiger partial charge in [0.2, 0.25) is 5.89 Å². The minimum atomic E-state index is -0.325. The molecular weight excluding hydrogens is 249 g/mol. The highest BCUT2D eigenvalue weighted by Crippen LogP contribution is 2.13. The molecule has 2 N–H and O–H groups in total. The zero-order valence-electron chi connectivity index (χ0n) is 10.7. The van der Waals surface area contributed by atoms with Gasteiger partial charge in [0.05, 0.1) is 6.04 Å². The monoisotopic (exact) mass is 265 g/mol. The van der Waals surface area contributed by atoms with Crippen molar-refractivity contribution in [1.82, 2.24) is 10.1 Å². The molecule has 2 rings (SSSR count). The van der Waals surface area contributed by atoms with Crippen molar-refractivity contribution >= 4 is 0 Å². The van der Waals surface area contributed by atoms with Crippen LogP contribution in [0.3, 0.4) is 0 Å². The molecule has 0 amide bonds. The molecule has 0 fully saturated rings. The van der Waals surface area contributed by atoms with Gasteiger partial charge < -0.3 is 15.0 Å². The molecule has 0 aliphatic carbocycles. The summed E-state index contributed by atoms with van der Waals surface area (Å²) in [6.45, 7) is 0.539. The Balaban J connectivity index is 1.98. The Morgan fingerprint density at radius 1 is 1.37 bits per heavy atom. The van der Waals surface area contributed by atoms with Crippen molar-refractivity contribution in [3.8, 4) is 0 Å². The maximum absolute atomic E-state index is 12.8. The molecule has 0 saturated heterocycles. The summed E-state index contributed by atoms with van der Waals surface area (Å²) in [6, 6.07) is 5.86. The number of rotatable bonds is 6. The Morgan fingerprint density at radius 2 is 2.11 bits per heavy atom. The minimum absolute atomic E-state index is 0.265. The fourth-order valence-corrected chi connectivity index (χ4v) is 1.64. The lowest BCUT2D eigenvalue weighted by molar-refractivity contribution is 0.182. The molecule has 0 aliphatic heterocycles. The second-order valence-electron chi connectivity index (χ2n) is 4.24. The molecule has 1 unspecified atom stereocenters. The number of nitrogens with two attached hydrogens (primary N) is 1. The molecule has 0 radical (unpaired) electrons. The summed E-state index contributed by atoms with van der Waals surface area (Å²) in [7, 11) is 1.61. The summed E-state index contributed by atoms with van der Waals surface area (Å²) in [5.41, 5.74) is 6.80. The molecule has 1 aromatic heterocycles. The normalized spacial score (nSPS) is 12.6. The van der Waals surface area contributed by atoms with Gasteiger partial charge in [-0.05, 0) is 24.1 Å². The lowest BCUT2D eigenvalue weighted by Crippen LogP contribution is -2.13. The summed E-state index contributed by atoms with van der Waals surface area (Å²) in [6.07, 6.45) is 1.11.